The van der Waals surface area contributed by atoms with E-state index >= 15 is 0 Å². The third-order valence-electron chi connectivity index (χ3n) is 2.43. The zero-order valence-corrected chi connectivity index (χ0v) is 9.54. The van der Waals surface area contributed by atoms with Gasteiger partial charge < -0.3 is 11.1 Å². The minimum atomic E-state index is -0.399. The van der Waals surface area contributed by atoms with Crippen LogP contribution in [0.4, 0.5) is 17.2 Å². The molecule has 2 rings (SSSR count). The Hall–Kier alpha value is -2.63. The van der Waals surface area contributed by atoms with Gasteiger partial charge in [-0.1, -0.05) is 18.2 Å². The average molecular weight is 244 g/mol. The van der Waals surface area contributed by atoms with E-state index in [-0.39, 0.29) is 5.69 Å². The molecule has 18 heavy (non-hydrogen) atoms. The molecule has 0 spiro atoms. The molecular weight excluding hydrogens is 232 g/mol. The maximum Gasteiger partial charge on any atom is 0.274 e. The Morgan fingerprint density at radius 3 is 2.83 bits per heavy atom. The average Bonchev–Trinajstić information content (AvgIpc) is 2.37. The summed E-state index contributed by atoms with van der Waals surface area (Å²) in [5.74, 6) is 0.591. The Morgan fingerprint density at radius 1 is 1.33 bits per heavy atom. The van der Waals surface area contributed by atoms with Crippen molar-refractivity contribution in [3.8, 4) is 0 Å². The van der Waals surface area contributed by atoms with E-state index < -0.39 is 4.92 Å². The zero-order valence-electron chi connectivity index (χ0n) is 9.54. The van der Waals surface area contributed by atoms with Crippen LogP contribution < -0.4 is 11.1 Å². The van der Waals surface area contributed by atoms with Gasteiger partial charge in [-0.3, -0.25) is 10.1 Å². The predicted octanol–water partition coefficient (Wildman–Crippen LogP) is 2.18. The second kappa shape index (κ2) is 5.13. The summed E-state index contributed by atoms with van der Waals surface area (Å²) < 4.78 is 0. The van der Waals surface area contributed by atoms with Gasteiger partial charge in [0, 0.05) is 36.1 Å². The predicted molar refractivity (Wildman–Crippen MR) is 69.1 cm³/mol. The lowest BCUT2D eigenvalue weighted by atomic mass is 10.2. The highest BCUT2D eigenvalue weighted by atomic mass is 16.6. The monoisotopic (exact) mass is 244 g/mol. The number of rotatable bonds is 4. The molecule has 6 nitrogen and oxygen atoms in total. The lowest BCUT2D eigenvalue weighted by Gasteiger charge is -2.06. The van der Waals surface area contributed by atoms with Gasteiger partial charge in [-0.15, -0.1) is 0 Å². The van der Waals surface area contributed by atoms with E-state index in [0.29, 0.717) is 23.6 Å². The molecule has 3 N–H and O–H groups in total. The van der Waals surface area contributed by atoms with E-state index in [9.17, 15) is 10.1 Å². The van der Waals surface area contributed by atoms with Crippen LogP contribution in [0.3, 0.4) is 0 Å². The first-order chi connectivity index (χ1) is 8.66. The topological polar surface area (TPSA) is 94.1 Å². The summed E-state index contributed by atoms with van der Waals surface area (Å²) in [6.07, 6.45) is 1.58. The van der Waals surface area contributed by atoms with E-state index in [1.54, 1.807) is 36.5 Å². The van der Waals surface area contributed by atoms with E-state index in [0.717, 1.165) is 0 Å². The molecule has 0 saturated heterocycles. The van der Waals surface area contributed by atoms with Crippen molar-refractivity contribution < 1.29 is 4.92 Å². The smallest absolute Gasteiger partial charge is 0.274 e. The van der Waals surface area contributed by atoms with Crippen LogP contribution in [0.1, 0.15) is 5.56 Å². The SMILES string of the molecule is Nc1ccnc(NCc2ccccc2[N+](=O)[O-])c1. The second-order valence-electron chi connectivity index (χ2n) is 3.71. The summed E-state index contributed by atoms with van der Waals surface area (Å²) in [5.41, 5.74) is 6.91. The van der Waals surface area contributed by atoms with Crippen LogP contribution in [0.15, 0.2) is 42.6 Å². The second-order valence-corrected chi connectivity index (χ2v) is 3.71. The number of aromatic nitrogens is 1. The van der Waals surface area contributed by atoms with Crippen LogP contribution >= 0.6 is 0 Å². The molecule has 0 aliphatic rings. The Balaban J connectivity index is 2.13. The minimum Gasteiger partial charge on any atom is -0.399 e. The molecule has 0 bridgehead atoms. The highest BCUT2D eigenvalue weighted by Gasteiger charge is 2.11. The number of benzene rings is 1. The van der Waals surface area contributed by atoms with Crippen molar-refractivity contribution in [3.63, 3.8) is 0 Å². The number of nitro groups is 1. The van der Waals surface area contributed by atoms with Crippen LogP contribution in [0.5, 0.6) is 0 Å². The number of para-hydroxylation sites is 1. The van der Waals surface area contributed by atoms with Crippen molar-refractivity contribution in [2.45, 2.75) is 6.54 Å². The number of nitro benzene ring substituents is 1. The summed E-state index contributed by atoms with van der Waals surface area (Å²) in [6.45, 7) is 0.327. The lowest BCUT2D eigenvalue weighted by molar-refractivity contribution is -0.385. The van der Waals surface area contributed by atoms with Crippen LogP contribution in [-0.4, -0.2) is 9.91 Å². The fraction of sp³-hybridized carbons (Fsp3) is 0.0833. The zero-order chi connectivity index (χ0) is 13.0. The van der Waals surface area contributed by atoms with Crippen molar-refractivity contribution in [1.82, 2.24) is 4.98 Å². The van der Waals surface area contributed by atoms with E-state index in [1.807, 2.05) is 0 Å². The Labute approximate surface area is 104 Å². The summed E-state index contributed by atoms with van der Waals surface area (Å²) in [4.78, 5) is 14.5. The molecule has 1 aromatic heterocycles. The largest absolute Gasteiger partial charge is 0.399 e. The fourth-order valence-corrected chi connectivity index (χ4v) is 1.57. The van der Waals surface area contributed by atoms with E-state index in [4.69, 9.17) is 5.73 Å². The first-order valence-corrected chi connectivity index (χ1v) is 5.34. The summed E-state index contributed by atoms with van der Waals surface area (Å²) in [7, 11) is 0. The van der Waals surface area contributed by atoms with Gasteiger partial charge in [0.2, 0.25) is 0 Å². The molecule has 0 fully saturated rings. The number of nitrogens with one attached hydrogen (secondary N) is 1. The third-order valence-corrected chi connectivity index (χ3v) is 2.43. The maximum absolute atomic E-state index is 10.8. The lowest BCUT2D eigenvalue weighted by Crippen LogP contribution is -2.04. The van der Waals surface area contributed by atoms with Crippen molar-refractivity contribution in [1.29, 1.82) is 0 Å². The van der Waals surface area contributed by atoms with Gasteiger partial charge in [-0.25, -0.2) is 4.98 Å². The van der Waals surface area contributed by atoms with Gasteiger partial charge in [0.05, 0.1) is 4.92 Å². The number of nitrogen functional groups attached to an aromatic ring is 1. The summed E-state index contributed by atoms with van der Waals surface area (Å²) in [6, 6.07) is 9.93. The number of pyridine rings is 1. The number of hydrogen-bond donors (Lipinski definition) is 2. The van der Waals surface area contributed by atoms with Gasteiger partial charge >= 0.3 is 0 Å². The van der Waals surface area contributed by atoms with Crippen LogP contribution in [0.25, 0.3) is 0 Å². The van der Waals surface area contributed by atoms with Gasteiger partial charge in [0.1, 0.15) is 5.82 Å². The highest BCUT2D eigenvalue weighted by molar-refractivity contribution is 5.50. The minimum absolute atomic E-state index is 0.0916. The first-order valence-electron chi connectivity index (χ1n) is 5.34. The molecule has 0 amide bonds. The molecule has 0 aliphatic heterocycles. The van der Waals surface area contributed by atoms with Gasteiger partial charge in [0.25, 0.3) is 5.69 Å². The normalized spacial score (nSPS) is 10.0. The van der Waals surface area contributed by atoms with Crippen molar-refractivity contribution in [3.05, 3.63) is 58.3 Å². The molecule has 92 valence electrons. The summed E-state index contributed by atoms with van der Waals surface area (Å²) in [5, 5.41) is 13.8. The van der Waals surface area contributed by atoms with Crippen molar-refractivity contribution in [2.75, 3.05) is 11.1 Å². The molecule has 1 aromatic carbocycles. The van der Waals surface area contributed by atoms with E-state index in [1.165, 1.54) is 6.07 Å². The standard InChI is InChI=1S/C12H12N4O2/c13-10-5-6-14-12(7-10)15-8-9-3-1-2-4-11(9)16(17)18/h1-7H,8H2,(H3,13,14,15). The third kappa shape index (κ3) is 2.73. The van der Waals surface area contributed by atoms with Crippen molar-refractivity contribution in [2.24, 2.45) is 0 Å². The van der Waals surface area contributed by atoms with E-state index in [2.05, 4.69) is 10.3 Å². The van der Waals surface area contributed by atoms with Crippen LogP contribution in [0, 0.1) is 10.1 Å². The van der Waals surface area contributed by atoms with Crippen molar-refractivity contribution >= 4 is 17.2 Å². The number of hydrogen-bond acceptors (Lipinski definition) is 5. The fourth-order valence-electron chi connectivity index (χ4n) is 1.57. The molecule has 0 radical (unpaired) electrons. The molecule has 0 aliphatic carbocycles. The van der Waals surface area contributed by atoms with Gasteiger partial charge in [-0.05, 0) is 6.07 Å². The van der Waals surface area contributed by atoms with Crippen LogP contribution in [-0.2, 0) is 6.54 Å². The molecule has 2 aromatic rings. The number of anilines is 2. The molecule has 0 unspecified atom stereocenters. The highest BCUT2D eigenvalue weighted by Crippen LogP contribution is 2.19. The Bertz CT molecular complexity index is 572. The Kier molecular flexibility index (Phi) is 3.38. The quantitative estimate of drug-likeness (QED) is 0.635. The molecule has 0 atom stereocenters. The Morgan fingerprint density at radius 2 is 2.11 bits per heavy atom. The molecule has 0 saturated carbocycles. The molecule has 6 heteroatoms. The first kappa shape index (κ1) is 11.8. The van der Waals surface area contributed by atoms with Gasteiger partial charge in [0.15, 0.2) is 0 Å². The maximum atomic E-state index is 10.8. The molecular formula is C12H12N4O2. The number of nitrogens with zero attached hydrogens (tertiary/aromatic N) is 2. The molecule has 1 heterocycles. The van der Waals surface area contributed by atoms with Crippen LogP contribution in [0.2, 0.25) is 0 Å². The summed E-state index contributed by atoms with van der Waals surface area (Å²) >= 11 is 0. The van der Waals surface area contributed by atoms with Gasteiger partial charge in [-0.2, -0.15) is 0 Å². The number of nitrogens with two attached hydrogens (primary N) is 1.